The van der Waals surface area contributed by atoms with E-state index >= 15 is 0 Å². The highest BCUT2D eigenvalue weighted by atomic mass is 32.2. The van der Waals surface area contributed by atoms with E-state index in [-0.39, 0.29) is 13.1 Å². The molecule has 0 spiro atoms. The van der Waals surface area contributed by atoms with Crippen molar-refractivity contribution in [1.29, 1.82) is 0 Å². The van der Waals surface area contributed by atoms with E-state index in [0.29, 0.717) is 5.69 Å². The summed E-state index contributed by atoms with van der Waals surface area (Å²) in [6.07, 6.45) is 0. The van der Waals surface area contributed by atoms with Gasteiger partial charge in [-0.15, -0.1) is 0 Å². The van der Waals surface area contributed by atoms with Crippen molar-refractivity contribution in [3.63, 3.8) is 0 Å². The lowest BCUT2D eigenvalue weighted by Crippen LogP contribution is -2.52. The number of aryl methyl sites for hydroxylation is 1. The maximum absolute atomic E-state index is 12.5. The molecule has 0 amide bonds. The molecule has 2 rings (SSSR count). The van der Waals surface area contributed by atoms with Crippen LogP contribution in [-0.4, -0.2) is 42.4 Å². The van der Waals surface area contributed by atoms with Crippen molar-refractivity contribution < 1.29 is 18.3 Å². The Morgan fingerprint density at radius 3 is 2.50 bits per heavy atom. The Morgan fingerprint density at radius 1 is 1.30 bits per heavy atom. The van der Waals surface area contributed by atoms with Crippen LogP contribution in [0.1, 0.15) is 19.4 Å². The fraction of sp³-hybridized carbons (Fsp3) is 0.462. The van der Waals surface area contributed by atoms with Crippen LogP contribution in [0.25, 0.3) is 0 Å². The molecule has 1 heterocycles. The molecule has 0 aromatic heterocycles. The van der Waals surface area contributed by atoms with Crippen molar-refractivity contribution in [3.8, 4) is 0 Å². The van der Waals surface area contributed by atoms with Crippen LogP contribution < -0.4 is 4.31 Å². The number of carboxylic acids is 1. The Kier molecular flexibility index (Phi) is 3.51. The largest absolute Gasteiger partial charge is 0.480 e. The highest BCUT2D eigenvalue weighted by molar-refractivity contribution is 7.90. The molecule has 1 aromatic rings. The number of carbonyl (C=O) groups is 1. The van der Waals surface area contributed by atoms with Crippen LogP contribution in [0.2, 0.25) is 0 Å². The Balaban J connectivity index is 2.41. The van der Waals surface area contributed by atoms with Crippen LogP contribution >= 0.6 is 0 Å². The van der Waals surface area contributed by atoms with E-state index in [2.05, 4.69) is 0 Å². The minimum Gasteiger partial charge on any atom is -0.480 e. The molecule has 0 atom stereocenters. The molecule has 1 saturated heterocycles. The number of hydrogen-bond acceptors (Lipinski definition) is 3. The van der Waals surface area contributed by atoms with Crippen molar-refractivity contribution in [2.24, 2.45) is 0 Å². The van der Waals surface area contributed by atoms with Crippen molar-refractivity contribution in [2.45, 2.75) is 26.3 Å². The number of carboxylic acid groups (broad SMARTS) is 1. The zero-order valence-electron chi connectivity index (χ0n) is 11.7. The third-order valence-electron chi connectivity index (χ3n) is 3.50. The summed E-state index contributed by atoms with van der Waals surface area (Å²) in [5, 5.41) is 9.21. The molecule has 0 unspecified atom stereocenters. The van der Waals surface area contributed by atoms with Gasteiger partial charge >= 0.3 is 16.2 Å². The standard InChI is InChI=1S/C13H18N2O4S/c1-10-5-4-6-11(9-10)14-7-8-15(20(14,18)19)13(2,3)12(16)17/h4-6,9H,7-8H2,1-3H3,(H,16,17). The maximum Gasteiger partial charge on any atom is 0.324 e. The SMILES string of the molecule is Cc1cccc(N2CCN(C(C)(C)C(=O)O)S2(=O)=O)c1. The van der Waals surface area contributed by atoms with Crippen LogP contribution in [0.3, 0.4) is 0 Å². The number of anilines is 1. The summed E-state index contributed by atoms with van der Waals surface area (Å²) in [4.78, 5) is 11.3. The summed E-state index contributed by atoms with van der Waals surface area (Å²) in [5.41, 5.74) is 0.0551. The molecule has 0 radical (unpaired) electrons. The topological polar surface area (TPSA) is 77.9 Å². The van der Waals surface area contributed by atoms with E-state index in [1.54, 1.807) is 18.2 Å². The molecule has 110 valence electrons. The molecule has 0 aliphatic carbocycles. The summed E-state index contributed by atoms with van der Waals surface area (Å²) >= 11 is 0. The Bertz CT molecular complexity index is 640. The second kappa shape index (κ2) is 4.75. The summed E-state index contributed by atoms with van der Waals surface area (Å²) in [6.45, 7) is 5.09. The number of benzene rings is 1. The quantitative estimate of drug-likeness (QED) is 0.910. The van der Waals surface area contributed by atoms with Gasteiger partial charge in [-0.1, -0.05) is 12.1 Å². The molecule has 1 aromatic carbocycles. The lowest BCUT2D eigenvalue weighted by atomic mass is 10.1. The predicted octanol–water partition coefficient (Wildman–Crippen LogP) is 1.23. The third kappa shape index (κ3) is 2.27. The Hall–Kier alpha value is -1.60. The van der Waals surface area contributed by atoms with Crippen molar-refractivity contribution in [3.05, 3.63) is 29.8 Å². The van der Waals surface area contributed by atoms with E-state index in [4.69, 9.17) is 0 Å². The first-order valence-corrected chi connectivity index (χ1v) is 7.67. The minimum atomic E-state index is -3.81. The van der Waals surface area contributed by atoms with Gasteiger partial charge in [0.2, 0.25) is 0 Å². The van der Waals surface area contributed by atoms with Crippen LogP contribution in [0, 0.1) is 6.92 Å². The molecule has 1 fully saturated rings. The molecule has 1 aliphatic rings. The van der Waals surface area contributed by atoms with Crippen molar-refractivity contribution in [2.75, 3.05) is 17.4 Å². The fourth-order valence-electron chi connectivity index (χ4n) is 2.25. The van der Waals surface area contributed by atoms with Gasteiger partial charge in [-0.25, -0.2) is 0 Å². The lowest BCUT2D eigenvalue weighted by Gasteiger charge is -2.30. The van der Waals surface area contributed by atoms with Crippen molar-refractivity contribution in [1.82, 2.24) is 4.31 Å². The molecular weight excluding hydrogens is 280 g/mol. The maximum atomic E-state index is 12.5. The third-order valence-corrected chi connectivity index (χ3v) is 5.65. The highest BCUT2D eigenvalue weighted by Gasteiger charge is 2.48. The highest BCUT2D eigenvalue weighted by Crippen LogP contribution is 2.31. The summed E-state index contributed by atoms with van der Waals surface area (Å²) in [5.74, 6) is -1.16. The summed E-state index contributed by atoms with van der Waals surface area (Å²) in [6, 6.07) is 7.15. The first kappa shape index (κ1) is 14.8. The molecule has 6 nitrogen and oxygen atoms in total. The lowest BCUT2D eigenvalue weighted by molar-refractivity contribution is -0.146. The van der Waals surface area contributed by atoms with Crippen LogP contribution in [-0.2, 0) is 15.0 Å². The molecule has 1 N–H and O–H groups in total. The number of rotatable bonds is 3. The zero-order valence-corrected chi connectivity index (χ0v) is 12.5. The van der Waals surface area contributed by atoms with Crippen LogP contribution in [0.5, 0.6) is 0 Å². The van der Waals surface area contributed by atoms with E-state index in [9.17, 15) is 18.3 Å². The number of nitrogens with zero attached hydrogens (tertiary/aromatic N) is 2. The molecule has 1 aliphatic heterocycles. The minimum absolute atomic E-state index is 0.162. The van der Waals surface area contributed by atoms with E-state index in [0.717, 1.165) is 9.87 Å². The first-order valence-electron chi connectivity index (χ1n) is 6.28. The van der Waals surface area contributed by atoms with Crippen LogP contribution in [0.4, 0.5) is 5.69 Å². The van der Waals surface area contributed by atoms with Gasteiger partial charge in [-0.2, -0.15) is 12.7 Å². The summed E-state index contributed by atoms with van der Waals surface area (Å²) < 4.78 is 27.4. The van der Waals surface area contributed by atoms with Gasteiger partial charge in [0.05, 0.1) is 5.69 Å². The van der Waals surface area contributed by atoms with Crippen LogP contribution in [0.15, 0.2) is 24.3 Å². The van der Waals surface area contributed by atoms with Gasteiger partial charge in [-0.3, -0.25) is 9.10 Å². The van der Waals surface area contributed by atoms with Gasteiger partial charge in [0.15, 0.2) is 0 Å². The zero-order chi connectivity index (χ0) is 15.1. The normalized spacial score (nSPS) is 19.2. The molecular formula is C13H18N2O4S. The summed E-state index contributed by atoms with van der Waals surface area (Å²) in [7, 11) is -3.81. The molecule has 20 heavy (non-hydrogen) atoms. The Labute approximate surface area is 118 Å². The average molecular weight is 298 g/mol. The monoisotopic (exact) mass is 298 g/mol. The smallest absolute Gasteiger partial charge is 0.324 e. The number of hydrogen-bond donors (Lipinski definition) is 1. The van der Waals surface area contributed by atoms with Gasteiger partial charge in [0.25, 0.3) is 0 Å². The second-order valence-corrected chi connectivity index (χ2v) is 7.13. The van der Waals surface area contributed by atoms with E-state index < -0.39 is 21.7 Å². The Morgan fingerprint density at radius 2 is 1.95 bits per heavy atom. The second-order valence-electron chi connectivity index (χ2n) is 5.36. The van der Waals surface area contributed by atoms with E-state index in [1.807, 2.05) is 13.0 Å². The molecule has 7 heteroatoms. The average Bonchev–Trinajstić information content (AvgIpc) is 2.64. The van der Waals surface area contributed by atoms with E-state index in [1.165, 1.54) is 18.2 Å². The number of aliphatic carboxylic acids is 1. The predicted molar refractivity (Wildman–Crippen MR) is 75.9 cm³/mol. The van der Waals surface area contributed by atoms with Gasteiger partial charge < -0.3 is 5.11 Å². The van der Waals surface area contributed by atoms with Crippen molar-refractivity contribution >= 4 is 21.9 Å². The van der Waals surface area contributed by atoms with Gasteiger partial charge in [0.1, 0.15) is 5.54 Å². The van der Waals surface area contributed by atoms with Gasteiger partial charge in [0, 0.05) is 13.1 Å². The molecule has 0 bridgehead atoms. The van der Waals surface area contributed by atoms with Gasteiger partial charge in [-0.05, 0) is 38.5 Å². The first-order chi connectivity index (χ1) is 9.17. The molecule has 0 saturated carbocycles. The fourth-order valence-corrected chi connectivity index (χ4v) is 4.15.